The fraction of sp³-hybridized carbons (Fsp3) is 0.421. The molecule has 2 aliphatic rings. The molecule has 4 heterocycles. The maximum Gasteiger partial charge on any atom is 0.490 e. The number of amides is 1. The highest BCUT2D eigenvalue weighted by atomic mass is 19.4. The van der Waals surface area contributed by atoms with E-state index in [1.807, 2.05) is 11.0 Å². The minimum absolute atomic E-state index is 0.0977. The number of pyridine rings is 1. The number of aliphatic carboxylic acids is 1. The van der Waals surface area contributed by atoms with Crippen molar-refractivity contribution in [2.45, 2.75) is 31.6 Å². The molecule has 3 atom stereocenters. The van der Waals surface area contributed by atoms with Crippen LogP contribution in [0.1, 0.15) is 29.7 Å². The first-order valence-electron chi connectivity index (χ1n) is 9.28. The summed E-state index contributed by atoms with van der Waals surface area (Å²) in [4.78, 5) is 31.6. The van der Waals surface area contributed by atoms with Crippen LogP contribution in [0, 0.1) is 17.2 Å². The molecule has 2 aliphatic heterocycles. The van der Waals surface area contributed by atoms with E-state index in [-0.39, 0.29) is 17.8 Å². The van der Waals surface area contributed by atoms with Crippen LogP contribution in [0.5, 0.6) is 0 Å². The number of nitrogens with zero attached hydrogens (tertiary/aromatic N) is 4. The number of hydrogen-bond donors (Lipinski definition) is 2. The minimum atomic E-state index is -5.08. The zero-order chi connectivity index (χ0) is 22.8. The van der Waals surface area contributed by atoms with E-state index < -0.39 is 12.1 Å². The number of rotatable bonds is 2. The van der Waals surface area contributed by atoms with Gasteiger partial charge >= 0.3 is 18.1 Å². The predicted molar refractivity (Wildman–Crippen MR) is 98.5 cm³/mol. The lowest BCUT2D eigenvalue weighted by Crippen LogP contribution is -2.39. The predicted octanol–water partition coefficient (Wildman–Crippen LogP) is 2.06. The van der Waals surface area contributed by atoms with Crippen LogP contribution < -0.4 is 5.32 Å². The molecule has 9 nitrogen and oxygen atoms in total. The lowest BCUT2D eigenvalue weighted by Gasteiger charge is -2.21. The van der Waals surface area contributed by atoms with Crippen molar-refractivity contribution in [3.8, 4) is 17.4 Å². The summed E-state index contributed by atoms with van der Waals surface area (Å²) in [5, 5.41) is 19.5. The normalized spacial score (nSPS) is 22.3. The lowest BCUT2D eigenvalue weighted by atomic mass is 9.98. The molecule has 12 heteroatoms. The van der Waals surface area contributed by atoms with Gasteiger partial charge in [-0.25, -0.2) is 14.8 Å². The van der Waals surface area contributed by atoms with Gasteiger partial charge < -0.3 is 19.7 Å². The van der Waals surface area contributed by atoms with Gasteiger partial charge in [-0.05, 0) is 31.4 Å². The van der Waals surface area contributed by atoms with Crippen molar-refractivity contribution < 1.29 is 32.3 Å². The summed E-state index contributed by atoms with van der Waals surface area (Å²) < 4.78 is 37.4. The van der Waals surface area contributed by atoms with E-state index in [1.165, 1.54) is 12.4 Å². The number of likely N-dealkylation sites (tertiary alicyclic amines) is 1. The van der Waals surface area contributed by atoms with E-state index in [0.717, 1.165) is 19.5 Å². The number of carbonyl (C=O) groups is 2. The largest absolute Gasteiger partial charge is 0.490 e. The van der Waals surface area contributed by atoms with Crippen LogP contribution in [0.25, 0.3) is 11.3 Å². The third kappa shape index (κ3) is 4.83. The van der Waals surface area contributed by atoms with E-state index in [2.05, 4.69) is 22.2 Å². The molecule has 0 radical (unpaired) electrons. The topological polar surface area (TPSA) is 132 Å². The van der Waals surface area contributed by atoms with Gasteiger partial charge in [0.15, 0.2) is 5.76 Å². The van der Waals surface area contributed by atoms with E-state index in [1.54, 1.807) is 12.1 Å². The van der Waals surface area contributed by atoms with Crippen LogP contribution >= 0.6 is 0 Å². The van der Waals surface area contributed by atoms with Crippen molar-refractivity contribution in [1.82, 2.24) is 20.2 Å². The van der Waals surface area contributed by atoms with Crippen LogP contribution in [-0.2, 0) is 4.79 Å². The standard InChI is InChI=1S/C17H17N5O2.C2HF3O2/c1-10-13-3-5-22(14(13)8-20-10)17(23)16-21-9-15(24-16)11-2-4-19-12(6-11)7-18;3-2(4,5)1(6)7/h2,4,6,9-10,13-14,20H,3,5,8H2,1H3;(H,6,7)/t10-,13-,14+;/m1./s1. The monoisotopic (exact) mass is 437 g/mol. The first-order valence-corrected chi connectivity index (χ1v) is 9.28. The Hall–Kier alpha value is -3.46. The molecule has 0 aromatic carbocycles. The number of fused-ring (bicyclic) bond motifs is 1. The molecule has 2 aromatic heterocycles. The second-order valence-corrected chi connectivity index (χ2v) is 7.09. The summed E-state index contributed by atoms with van der Waals surface area (Å²) in [6.07, 6.45) is -1.02. The minimum Gasteiger partial charge on any atom is -0.475 e. The summed E-state index contributed by atoms with van der Waals surface area (Å²) in [6, 6.07) is 5.98. The zero-order valence-electron chi connectivity index (χ0n) is 16.3. The Morgan fingerprint density at radius 2 is 2.10 bits per heavy atom. The first kappa shape index (κ1) is 22.2. The summed E-state index contributed by atoms with van der Waals surface area (Å²) >= 11 is 0. The van der Waals surface area contributed by atoms with Gasteiger partial charge in [-0.1, -0.05) is 0 Å². The Balaban J connectivity index is 0.000000339. The molecule has 31 heavy (non-hydrogen) atoms. The van der Waals surface area contributed by atoms with Gasteiger partial charge in [0.1, 0.15) is 11.8 Å². The summed E-state index contributed by atoms with van der Waals surface area (Å²) in [7, 11) is 0. The van der Waals surface area contributed by atoms with Crippen molar-refractivity contribution in [1.29, 1.82) is 5.26 Å². The molecule has 0 bridgehead atoms. The number of nitrogens with one attached hydrogen (secondary N) is 1. The Labute approximate surface area is 174 Å². The Bertz CT molecular complexity index is 1020. The molecule has 0 unspecified atom stereocenters. The maximum atomic E-state index is 12.7. The lowest BCUT2D eigenvalue weighted by molar-refractivity contribution is -0.192. The first-order chi connectivity index (χ1) is 14.6. The SMILES string of the molecule is C[C@H]1NC[C@H]2[C@@H]1CCN2C(=O)c1ncc(-c2ccnc(C#N)c2)o1.O=C(O)C(F)(F)F. The molecule has 164 valence electrons. The van der Waals surface area contributed by atoms with Crippen LogP contribution in [0.15, 0.2) is 28.9 Å². The van der Waals surface area contributed by atoms with Gasteiger partial charge in [0, 0.05) is 36.9 Å². The number of carboxylic acids is 1. The molecule has 2 N–H and O–H groups in total. The van der Waals surface area contributed by atoms with Crippen molar-refractivity contribution in [2.75, 3.05) is 13.1 Å². The molecule has 1 amide bonds. The summed E-state index contributed by atoms with van der Waals surface area (Å²) in [6.45, 7) is 3.73. The average Bonchev–Trinajstić information content (AvgIpc) is 3.45. The molecule has 2 saturated heterocycles. The second kappa shape index (κ2) is 8.73. The summed E-state index contributed by atoms with van der Waals surface area (Å²) in [5.74, 6) is -1.86. The molecular formula is C19H18F3N5O4. The highest BCUT2D eigenvalue weighted by Crippen LogP contribution is 2.32. The number of alkyl halides is 3. The van der Waals surface area contributed by atoms with Crippen molar-refractivity contribution in [3.05, 3.63) is 36.1 Å². The molecular weight excluding hydrogens is 419 g/mol. The number of halogens is 3. The molecule has 0 aliphatic carbocycles. The van der Waals surface area contributed by atoms with Gasteiger partial charge in [0.25, 0.3) is 5.89 Å². The van der Waals surface area contributed by atoms with Gasteiger partial charge in [-0.2, -0.15) is 18.4 Å². The molecule has 4 rings (SSSR count). The van der Waals surface area contributed by atoms with Crippen molar-refractivity contribution >= 4 is 11.9 Å². The molecule has 0 saturated carbocycles. The summed E-state index contributed by atoms with van der Waals surface area (Å²) in [5.41, 5.74) is 0.980. The van der Waals surface area contributed by atoms with E-state index in [9.17, 15) is 18.0 Å². The fourth-order valence-corrected chi connectivity index (χ4v) is 3.71. The van der Waals surface area contributed by atoms with Crippen LogP contribution in [0.3, 0.4) is 0 Å². The molecule has 2 aromatic rings. The van der Waals surface area contributed by atoms with Gasteiger partial charge in [-0.15, -0.1) is 0 Å². The quantitative estimate of drug-likeness (QED) is 0.730. The van der Waals surface area contributed by atoms with E-state index in [4.69, 9.17) is 19.6 Å². The third-order valence-corrected chi connectivity index (χ3v) is 5.24. The maximum absolute atomic E-state index is 12.7. The smallest absolute Gasteiger partial charge is 0.475 e. The van der Waals surface area contributed by atoms with Gasteiger partial charge in [-0.3, -0.25) is 4.79 Å². The van der Waals surface area contributed by atoms with Gasteiger partial charge in [0.2, 0.25) is 0 Å². The highest BCUT2D eigenvalue weighted by Gasteiger charge is 2.44. The Morgan fingerprint density at radius 3 is 2.74 bits per heavy atom. The number of nitriles is 1. The Kier molecular flexibility index (Phi) is 6.26. The number of carboxylic acid groups (broad SMARTS) is 1. The van der Waals surface area contributed by atoms with Crippen LogP contribution in [0.4, 0.5) is 13.2 Å². The number of aromatic nitrogens is 2. The molecule has 2 fully saturated rings. The van der Waals surface area contributed by atoms with E-state index >= 15 is 0 Å². The fourth-order valence-electron chi connectivity index (χ4n) is 3.71. The Morgan fingerprint density at radius 1 is 1.39 bits per heavy atom. The zero-order valence-corrected chi connectivity index (χ0v) is 16.3. The van der Waals surface area contributed by atoms with Gasteiger partial charge in [0.05, 0.1) is 6.20 Å². The van der Waals surface area contributed by atoms with E-state index in [0.29, 0.717) is 29.0 Å². The van der Waals surface area contributed by atoms with Crippen LogP contribution in [0.2, 0.25) is 0 Å². The highest BCUT2D eigenvalue weighted by molar-refractivity contribution is 5.90. The van der Waals surface area contributed by atoms with Crippen LogP contribution in [-0.4, -0.2) is 63.2 Å². The number of hydrogen-bond acceptors (Lipinski definition) is 7. The van der Waals surface area contributed by atoms with Crippen molar-refractivity contribution in [2.24, 2.45) is 5.92 Å². The third-order valence-electron chi connectivity index (χ3n) is 5.24. The van der Waals surface area contributed by atoms with Crippen molar-refractivity contribution in [3.63, 3.8) is 0 Å². The molecule has 0 spiro atoms. The number of oxazole rings is 1. The average molecular weight is 437 g/mol. The number of carbonyl (C=O) groups excluding carboxylic acids is 1. The second-order valence-electron chi connectivity index (χ2n) is 7.09.